The van der Waals surface area contributed by atoms with E-state index in [4.69, 9.17) is 0 Å². The number of hydrogen-bond donors (Lipinski definition) is 0. The molecule has 1 heteroatoms. The van der Waals surface area contributed by atoms with E-state index in [0.717, 1.165) is 12.8 Å². The zero-order valence-corrected chi connectivity index (χ0v) is 6.26. The molecular weight excluding hydrogens is 112 g/mol. The number of rotatable bonds is 0. The minimum Gasteiger partial charge on any atom is -0.233 e. The third-order valence-corrected chi connectivity index (χ3v) is 2.14. The Bertz CT molecular complexity index is 65.5. The van der Waals surface area contributed by atoms with E-state index in [-0.39, 0.29) is 6.10 Å². The molecule has 1 aliphatic carbocycles. The van der Waals surface area contributed by atoms with E-state index in [1.54, 1.807) is 0 Å². The highest BCUT2D eigenvalue weighted by atomic mass is 16.3. The Balaban J connectivity index is 2.34. The van der Waals surface area contributed by atoms with Gasteiger partial charge in [0, 0.05) is 0 Å². The molecule has 1 fully saturated rings. The van der Waals surface area contributed by atoms with E-state index in [9.17, 15) is 5.11 Å². The summed E-state index contributed by atoms with van der Waals surface area (Å²) in [5.41, 5.74) is 0. The maximum absolute atomic E-state index is 11.0. The highest BCUT2D eigenvalue weighted by Crippen LogP contribution is 2.28. The van der Waals surface area contributed by atoms with Crippen molar-refractivity contribution in [1.29, 1.82) is 0 Å². The molecule has 1 rings (SSSR count). The summed E-state index contributed by atoms with van der Waals surface area (Å²) in [7, 11) is 0. The summed E-state index contributed by atoms with van der Waals surface area (Å²) in [6.45, 7) is 4.36. The van der Waals surface area contributed by atoms with Crippen LogP contribution < -0.4 is 0 Å². The van der Waals surface area contributed by atoms with Crippen LogP contribution in [0.3, 0.4) is 0 Å². The first-order valence-corrected chi connectivity index (χ1v) is 3.84. The monoisotopic (exact) mass is 127 g/mol. The van der Waals surface area contributed by atoms with Crippen LogP contribution in [0.1, 0.15) is 33.1 Å². The summed E-state index contributed by atoms with van der Waals surface area (Å²) in [5, 5.41) is 11.0. The Labute approximate surface area is 57.1 Å². The van der Waals surface area contributed by atoms with Gasteiger partial charge in [-0.3, -0.25) is 0 Å². The first-order chi connectivity index (χ1) is 4.18. The predicted octanol–water partition coefficient (Wildman–Crippen LogP) is 2.24. The van der Waals surface area contributed by atoms with Gasteiger partial charge in [0.25, 0.3) is 0 Å². The summed E-state index contributed by atoms with van der Waals surface area (Å²) in [6, 6.07) is 0. The molecule has 0 heterocycles. The van der Waals surface area contributed by atoms with Crippen molar-refractivity contribution in [3.63, 3.8) is 0 Å². The van der Waals surface area contributed by atoms with Gasteiger partial charge in [0.1, 0.15) is 0 Å². The molecule has 53 valence electrons. The summed E-state index contributed by atoms with van der Waals surface area (Å²) < 4.78 is 0. The second-order valence-corrected chi connectivity index (χ2v) is 3.54. The smallest absolute Gasteiger partial charge is 0.0935 e. The molecule has 0 amide bonds. The fourth-order valence-corrected chi connectivity index (χ4v) is 1.87. The van der Waals surface area contributed by atoms with Gasteiger partial charge in [-0.2, -0.15) is 0 Å². The standard InChI is InChI=1S/C8H15O/c1-6-3-7(2)5-8(9)4-6/h6-8H,3-5H2,1-2H3. The van der Waals surface area contributed by atoms with Gasteiger partial charge >= 0.3 is 0 Å². The Morgan fingerprint density at radius 1 is 1.00 bits per heavy atom. The van der Waals surface area contributed by atoms with E-state index in [1.165, 1.54) is 6.42 Å². The van der Waals surface area contributed by atoms with Gasteiger partial charge in [-0.15, -0.1) is 0 Å². The van der Waals surface area contributed by atoms with E-state index < -0.39 is 0 Å². The van der Waals surface area contributed by atoms with Crippen LogP contribution in [0, 0.1) is 11.8 Å². The molecule has 0 spiro atoms. The first kappa shape index (κ1) is 7.07. The van der Waals surface area contributed by atoms with E-state index in [2.05, 4.69) is 13.8 Å². The van der Waals surface area contributed by atoms with Gasteiger partial charge in [0.15, 0.2) is 0 Å². The van der Waals surface area contributed by atoms with Crippen LogP contribution in [0.2, 0.25) is 0 Å². The van der Waals surface area contributed by atoms with Crippen molar-refractivity contribution in [3.8, 4) is 0 Å². The first-order valence-electron chi connectivity index (χ1n) is 3.84. The molecule has 9 heavy (non-hydrogen) atoms. The molecule has 0 aromatic carbocycles. The van der Waals surface area contributed by atoms with Crippen LogP contribution >= 0.6 is 0 Å². The summed E-state index contributed by atoms with van der Waals surface area (Å²) in [6.07, 6.45) is 2.82. The summed E-state index contributed by atoms with van der Waals surface area (Å²) in [4.78, 5) is 0. The van der Waals surface area contributed by atoms with Crippen molar-refractivity contribution in [2.75, 3.05) is 0 Å². The average Bonchev–Trinajstić information content (AvgIpc) is 1.59. The Hall–Kier alpha value is -0.0400. The molecule has 0 aliphatic heterocycles. The molecule has 2 atom stereocenters. The van der Waals surface area contributed by atoms with Gasteiger partial charge < -0.3 is 0 Å². The lowest BCUT2D eigenvalue weighted by Crippen LogP contribution is -2.22. The highest BCUT2D eigenvalue weighted by molar-refractivity contribution is 4.73. The molecule has 0 aromatic heterocycles. The second kappa shape index (κ2) is 2.70. The van der Waals surface area contributed by atoms with Crippen LogP contribution in [0.5, 0.6) is 0 Å². The van der Waals surface area contributed by atoms with E-state index in [0.29, 0.717) is 11.8 Å². The van der Waals surface area contributed by atoms with Gasteiger partial charge in [0.05, 0.1) is 6.10 Å². The Morgan fingerprint density at radius 3 is 1.78 bits per heavy atom. The van der Waals surface area contributed by atoms with Crippen LogP contribution in [0.15, 0.2) is 0 Å². The summed E-state index contributed by atoms with van der Waals surface area (Å²) >= 11 is 0. The van der Waals surface area contributed by atoms with Crippen molar-refractivity contribution < 1.29 is 5.11 Å². The van der Waals surface area contributed by atoms with Crippen molar-refractivity contribution in [3.05, 3.63) is 0 Å². The molecular formula is C8H15O. The molecule has 0 N–H and O–H groups in total. The molecule has 1 saturated carbocycles. The Kier molecular flexibility index (Phi) is 2.12. The SMILES string of the molecule is CC1CC(C)CC([O])C1. The Morgan fingerprint density at radius 2 is 1.44 bits per heavy atom. The van der Waals surface area contributed by atoms with Crippen LogP contribution in [-0.4, -0.2) is 6.10 Å². The molecule has 2 unspecified atom stereocenters. The van der Waals surface area contributed by atoms with Gasteiger partial charge in [-0.05, 0) is 31.1 Å². The third-order valence-electron chi connectivity index (χ3n) is 2.14. The summed E-state index contributed by atoms with van der Waals surface area (Å²) in [5.74, 6) is 1.35. The minimum absolute atomic E-state index is 0.260. The molecule has 0 aromatic rings. The normalized spacial score (nSPS) is 45.0. The molecule has 0 saturated heterocycles. The van der Waals surface area contributed by atoms with Gasteiger partial charge in [-0.1, -0.05) is 13.8 Å². The van der Waals surface area contributed by atoms with Crippen LogP contribution in [0.25, 0.3) is 0 Å². The fraction of sp³-hybridized carbons (Fsp3) is 1.00. The van der Waals surface area contributed by atoms with Crippen LogP contribution in [0.4, 0.5) is 0 Å². The maximum Gasteiger partial charge on any atom is 0.0935 e. The fourth-order valence-electron chi connectivity index (χ4n) is 1.87. The zero-order chi connectivity index (χ0) is 6.85. The van der Waals surface area contributed by atoms with Gasteiger partial charge in [-0.25, -0.2) is 5.11 Å². The second-order valence-electron chi connectivity index (χ2n) is 3.54. The zero-order valence-electron chi connectivity index (χ0n) is 6.26. The minimum atomic E-state index is -0.260. The van der Waals surface area contributed by atoms with Gasteiger partial charge in [0.2, 0.25) is 0 Å². The molecule has 1 nitrogen and oxygen atoms in total. The van der Waals surface area contributed by atoms with Crippen molar-refractivity contribution >= 4 is 0 Å². The lowest BCUT2D eigenvalue weighted by atomic mass is 9.82. The largest absolute Gasteiger partial charge is 0.233 e. The molecule has 1 radical (unpaired) electrons. The van der Waals surface area contributed by atoms with Crippen LogP contribution in [-0.2, 0) is 5.11 Å². The highest BCUT2D eigenvalue weighted by Gasteiger charge is 2.22. The predicted molar refractivity (Wildman–Crippen MR) is 36.7 cm³/mol. The van der Waals surface area contributed by atoms with Crippen molar-refractivity contribution in [2.24, 2.45) is 11.8 Å². The topological polar surface area (TPSA) is 19.9 Å². The maximum atomic E-state index is 11.0. The quantitative estimate of drug-likeness (QED) is 0.475. The lowest BCUT2D eigenvalue weighted by Gasteiger charge is -2.26. The average molecular weight is 127 g/mol. The van der Waals surface area contributed by atoms with Crippen molar-refractivity contribution in [1.82, 2.24) is 0 Å². The molecule has 0 bridgehead atoms. The number of hydrogen-bond acceptors (Lipinski definition) is 0. The molecule has 1 aliphatic rings. The van der Waals surface area contributed by atoms with Crippen molar-refractivity contribution in [2.45, 2.75) is 39.2 Å². The van der Waals surface area contributed by atoms with E-state index >= 15 is 0 Å². The van der Waals surface area contributed by atoms with E-state index in [1.807, 2.05) is 0 Å². The lowest BCUT2D eigenvalue weighted by molar-refractivity contribution is 0.0213. The third kappa shape index (κ3) is 1.98.